The molecule has 2 aromatic carbocycles. The molecular formula is C15H16BrNO. The fraction of sp³-hybridized carbons (Fsp3) is 0.200. The minimum atomic E-state index is 0.596. The van der Waals surface area contributed by atoms with E-state index in [4.69, 9.17) is 4.74 Å². The molecule has 2 rings (SSSR count). The monoisotopic (exact) mass is 305 g/mol. The summed E-state index contributed by atoms with van der Waals surface area (Å²) in [5, 5.41) is 3.45. The molecule has 2 aromatic rings. The molecule has 0 heterocycles. The molecule has 0 saturated carbocycles. The van der Waals surface area contributed by atoms with E-state index in [1.807, 2.05) is 30.3 Å². The number of hydrogen-bond donors (Lipinski definition) is 1. The molecule has 0 saturated heterocycles. The fourth-order valence-electron chi connectivity index (χ4n) is 1.81. The number of methoxy groups -OCH3 is 1. The maximum Gasteiger partial charge on any atom is 0.0744 e. The Kier molecular flexibility index (Phi) is 4.79. The summed E-state index contributed by atoms with van der Waals surface area (Å²) >= 11 is 3.55. The number of halogens is 1. The van der Waals surface area contributed by atoms with Gasteiger partial charge in [0.25, 0.3) is 0 Å². The third-order valence-electron chi connectivity index (χ3n) is 2.73. The van der Waals surface area contributed by atoms with Gasteiger partial charge >= 0.3 is 0 Å². The van der Waals surface area contributed by atoms with Crippen LogP contribution in [-0.4, -0.2) is 7.11 Å². The van der Waals surface area contributed by atoms with E-state index in [1.165, 1.54) is 5.56 Å². The highest BCUT2D eigenvalue weighted by Gasteiger charge is 2.05. The second-order valence-corrected chi connectivity index (χ2v) is 4.89. The Morgan fingerprint density at radius 3 is 2.56 bits per heavy atom. The van der Waals surface area contributed by atoms with E-state index in [-0.39, 0.29) is 0 Å². The van der Waals surface area contributed by atoms with Crippen LogP contribution in [0.1, 0.15) is 11.1 Å². The maximum atomic E-state index is 5.23. The quantitative estimate of drug-likeness (QED) is 0.893. The van der Waals surface area contributed by atoms with Gasteiger partial charge in [-0.25, -0.2) is 0 Å². The van der Waals surface area contributed by atoms with E-state index in [0.717, 1.165) is 22.3 Å². The Labute approximate surface area is 116 Å². The van der Waals surface area contributed by atoms with Crippen molar-refractivity contribution in [2.45, 2.75) is 13.2 Å². The Balaban J connectivity index is 2.11. The minimum Gasteiger partial charge on any atom is -0.381 e. The normalized spacial score (nSPS) is 10.3. The number of nitrogens with one attached hydrogen (secondary N) is 1. The summed E-state index contributed by atoms with van der Waals surface area (Å²) < 4.78 is 6.30. The van der Waals surface area contributed by atoms with E-state index in [2.05, 4.69) is 39.4 Å². The average molecular weight is 306 g/mol. The molecule has 3 heteroatoms. The van der Waals surface area contributed by atoms with Crippen molar-refractivity contribution in [2.75, 3.05) is 12.4 Å². The third-order valence-corrected chi connectivity index (χ3v) is 3.48. The Hall–Kier alpha value is -1.32. The highest BCUT2D eigenvalue weighted by molar-refractivity contribution is 9.10. The Morgan fingerprint density at radius 2 is 1.83 bits per heavy atom. The molecule has 1 N–H and O–H groups in total. The zero-order chi connectivity index (χ0) is 12.8. The van der Waals surface area contributed by atoms with Crippen LogP contribution < -0.4 is 5.32 Å². The topological polar surface area (TPSA) is 21.3 Å². The van der Waals surface area contributed by atoms with Gasteiger partial charge in [-0.1, -0.05) is 52.3 Å². The third kappa shape index (κ3) is 3.34. The van der Waals surface area contributed by atoms with Gasteiger partial charge in [0.1, 0.15) is 0 Å². The van der Waals surface area contributed by atoms with Crippen molar-refractivity contribution in [1.29, 1.82) is 0 Å². The average Bonchev–Trinajstić information content (AvgIpc) is 2.41. The molecule has 0 aliphatic rings. The van der Waals surface area contributed by atoms with E-state index >= 15 is 0 Å². The molecule has 0 spiro atoms. The summed E-state index contributed by atoms with van der Waals surface area (Å²) in [4.78, 5) is 0. The molecule has 0 fully saturated rings. The molecule has 2 nitrogen and oxygen atoms in total. The lowest BCUT2D eigenvalue weighted by molar-refractivity contribution is 0.185. The molecule has 0 amide bonds. The van der Waals surface area contributed by atoms with Gasteiger partial charge < -0.3 is 10.1 Å². The van der Waals surface area contributed by atoms with Crippen LogP contribution >= 0.6 is 15.9 Å². The highest BCUT2D eigenvalue weighted by atomic mass is 79.9. The van der Waals surface area contributed by atoms with Crippen LogP contribution in [0.3, 0.4) is 0 Å². The van der Waals surface area contributed by atoms with Crippen molar-refractivity contribution in [3.05, 3.63) is 64.1 Å². The first-order valence-corrected chi connectivity index (χ1v) is 6.64. The second kappa shape index (κ2) is 6.57. The number of rotatable bonds is 5. The van der Waals surface area contributed by atoms with E-state index in [0.29, 0.717) is 6.61 Å². The summed E-state index contributed by atoms with van der Waals surface area (Å²) in [5.41, 5.74) is 3.52. The Bertz CT molecular complexity index is 499. The van der Waals surface area contributed by atoms with Crippen LogP contribution in [0.4, 0.5) is 5.69 Å². The van der Waals surface area contributed by atoms with Crippen LogP contribution in [0.5, 0.6) is 0 Å². The first-order chi connectivity index (χ1) is 8.81. The number of ether oxygens (including phenoxy) is 1. The summed E-state index contributed by atoms with van der Waals surface area (Å²) in [5.74, 6) is 0. The van der Waals surface area contributed by atoms with Crippen LogP contribution in [0.25, 0.3) is 0 Å². The lowest BCUT2D eigenvalue weighted by Gasteiger charge is -2.13. The molecule has 0 aliphatic heterocycles. The van der Waals surface area contributed by atoms with Gasteiger partial charge in [-0.3, -0.25) is 0 Å². The largest absolute Gasteiger partial charge is 0.381 e. The van der Waals surface area contributed by atoms with Crippen molar-refractivity contribution >= 4 is 21.6 Å². The van der Waals surface area contributed by atoms with Crippen LogP contribution in [-0.2, 0) is 17.9 Å². The summed E-state index contributed by atoms with van der Waals surface area (Å²) in [6.07, 6.45) is 0. The zero-order valence-electron chi connectivity index (χ0n) is 10.3. The number of benzene rings is 2. The van der Waals surface area contributed by atoms with Crippen molar-refractivity contribution < 1.29 is 4.74 Å². The lowest BCUT2D eigenvalue weighted by Crippen LogP contribution is -2.03. The fourth-order valence-corrected chi connectivity index (χ4v) is 2.29. The molecule has 0 aliphatic carbocycles. The zero-order valence-corrected chi connectivity index (χ0v) is 11.9. The standard InChI is InChI=1S/C15H16BrNO/c1-18-11-13-14(16)8-5-9-15(13)17-10-12-6-3-2-4-7-12/h2-9,17H,10-11H2,1H3. The maximum absolute atomic E-state index is 5.23. The molecule has 18 heavy (non-hydrogen) atoms. The van der Waals surface area contributed by atoms with E-state index in [1.54, 1.807) is 7.11 Å². The second-order valence-electron chi connectivity index (χ2n) is 4.04. The van der Waals surface area contributed by atoms with Crippen LogP contribution in [0.2, 0.25) is 0 Å². The Morgan fingerprint density at radius 1 is 1.06 bits per heavy atom. The first-order valence-electron chi connectivity index (χ1n) is 5.85. The molecule has 0 unspecified atom stereocenters. The van der Waals surface area contributed by atoms with Gasteiger partial charge in [0, 0.05) is 29.4 Å². The first kappa shape index (κ1) is 13.1. The number of anilines is 1. The van der Waals surface area contributed by atoms with Crippen molar-refractivity contribution in [3.8, 4) is 0 Å². The van der Waals surface area contributed by atoms with Gasteiger partial charge in [0.2, 0.25) is 0 Å². The van der Waals surface area contributed by atoms with Crippen molar-refractivity contribution in [3.63, 3.8) is 0 Å². The highest BCUT2D eigenvalue weighted by Crippen LogP contribution is 2.25. The van der Waals surface area contributed by atoms with E-state index < -0.39 is 0 Å². The van der Waals surface area contributed by atoms with E-state index in [9.17, 15) is 0 Å². The van der Waals surface area contributed by atoms with Crippen LogP contribution in [0.15, 0.2) is 53.0 Å². The van der Waals surface area contributed by atoms with Crippen molar-refractivity contribution in [2.24, 2.45) is 0 Å². The number of hydrogen-bond acceptors (Lipinski definition) is 2. The minimum absolute atomic E-state index is 0.596. The van der Waals surface area contributed by atoms with Crippen LogP contribution in [0, 0.1) is 0 Å². The SMILES string of the molecule is COCc1c(Br)cccc1NCc1ccccc1. The molecule has 94 valence electrons. The van der Waals surface area contributed by atoms with Gasteiger partial charge in [0.05, 0.1) is 6.61 Å². The molecule has 0 atom stereocenters. The summed E-state index contributed by atoms with van der Waals surface area (Å²) in [7, 11) is 1.71. The smallest absolute Gasteiger partial charge is 0.0744 e. The molecule has 0 bridgehead atoms. The molecule has 0 aromatic heterocycles. The summed E-state index contributed by atoms with van der Waals surface area (Å²) in [6, 6.07) is 16.5. The van der Waals surface area contributed by atoms with Gasteiger partial charge in [-0.2, -0.15) is 0 Å². The van der Waals surface area contributed by atoms with Gasteiger partial charge in [0.15, 0.2) is 0 Å². The predicted molar refractivity (Wildman–Crippen MR) is 78.6 cm³/mol. The predicted octanol–water partition coefficient (Wildman–Crippen LogP) is 4.21. The lowest BCUT2D eigenvalue weighted by atomic mass is 10.1. The van der Waals surface area contributed by atoms with Gasteiger partial charge in [-0.15, -0.1) is 0 Å². The summed E-state index contributed by atoms with van der Waals surface area (Å²) in [6.45, 7) is 1.41. The van der Waals surface area contributed by atoms with Gasteiger partial charge in [-0.05, 0) is 17.7 Å². The van der Waals surface area contributed by atoms with Crippen molar-refractivity contribution in [1.82, 2.24) is 0 Å². The molecular weight excluding hydrogens is 290 g/mol. The molecule has 0 radical (unpaired) electrons.